The first kappa shape index (κ1) is 25.8. The molecule has 0 fully saturated rings. The minimum Gasteiger partial charge on any atom is -0.497 e. The van der Waals surface area contributed by atoms with Gasteiger partial charge in [-0.2, -0.15) is 0 Å². The highest BCUT2D eigenvalue weighted by Gasteiger charge is 2.24. The molecule has 0 bridgehead atoms. The molecular weight excluding hydrogens is 445 g/mol. The second kappa shape index (κ2) is 12.0. The molecule has 1 amide bonds. The zero-order valence-electron chi connectivity index (χ0n) is 18.4. The van der Waals surface area contributed by atoms with Gasteiger partial charge in [0.1, 0.15) is 17.4 Å². The SMILES string of the molecule is CCO[C@H](C(=O)NCc1ccc(C(=N)N)cc1-c1ccccc1)c1ccc(OC)cc1F.Cl. The predicted molar refractivity (Wildman–Crippen MR) is 129 cm³/mol. The van der Waals surface area contributed by atoms with Crippen LogP contribution in [-0.4, -0.2) is 25.5 Å². The number of nitrogens with one attached hydrogen (secondary N) is 2. The first-order valence-corrected chi connectivity index (χ1v) is 10.2. The zero-order valence-corrected chi connectivity index (χ0v) is 19.2. The molecule has 3 aromatic rings. The lowest BCUT2D eigenvalue weighted by atomic mass is 9.96. The number of nitrogen functional groups attached to an aromatic ring is 1. The fraction of sp³-hybridized carbons (Fsp3) is 0.200. The van der Waals surface area contributed by atoms with Gasteiger partial charge in [0.05, 0.1) is 7.11 Å². The van der Waals surface area contributed by atoms with E-state index in [0.717, 1.165) is 16.7 Å². The number of benzene rings is 3. The Balaban J connectivity index is 0.00000385. The summed E-state index contributed by atoms with van der Waals surface area (Å²) in [6, 6.07) is 19.3. The van der Waals surface area contributed by atoms with Crippen molar-refractivity contribution in [3.05, 3.63) is 89.2 Å². The van der Waals surface area contributed by atoms with Gasteiger partial charge in [0.2, 0.25) is 0 Å². The highest BCUT2D eigenvalue weighted by Crippen LogP contribution is 2.27. The standard InChI is InChI=1S/C25H26FN3O3.ClH/c1-3-32-23(20-12-11-19(31-2)14-22(20)26)25(30)29-15-18-10-9-17(24(27)28)13-21(18)16-7-5-4-6-8-16;/h4-14,23H,3,15H2,1-2H3,(H3,27,28)(H,29,30);1H/t23-;/m0./s1. The summed E-state index contributed by atoms with van der Waals surface area (Å²) in [5.74, 6) is -0.705. The van der Waals surface area contributed by atoms with Crippen molar-refractivity contribution in [3.8, 4) is 16.9 Å². The summed E-state index contributed by atoms with van der Waals surface area (Å²) >= 11 is 0. The number of rotatable bonds is 9. The van der Waals surface area contributed by atoms with Crippen molar-refractivity contribution < 1.29 is 18.7 Å². The van der Waals surface area contributed by atoms with Crippen molar-refractivity contribution in [3.63, 3.8) is 0 Å². The van der Waals surface area contributed by atoms with E-state index in [-0.39, 0.29) is 37.0 Å². The van der Waals surface area contributed by atoms with E-state index in [1.807, 2.05) is 42.5 Å². The van der Waals surface area contributed by atoms with Crippen LogP contribution in [0.25, 0.3) is 11.1 Å². The number of hydrogen-bond acceptors (Lipinski definition) is 4. The van der Waals surface area contributed by atoms with Crippen LogP contribution in [0.2, 0.25) is 0 Å². The fourth-order valence-electron chi connectivity index (χ4n) is 3.38. The first-order valence-electron chi connectivity index (χ1n) is 10.2. The molecule has 33 heavy (non-hydrogen) atoms. The number of nitrogens with two attached hydrogens (primary N) is 1. The minimum absolute atomic E-state index is 0. The van der Waals surface area contributed by atoms with Crippen molar-refractivity contribution in [2.24, 2.45) is 5.73 Å². The Morgan fingerprint density at radius 2 is 1.85 bits per heavy atom. The molecule has 0 aromatic heterocycles. The van der Waals surface area contributed by atoms with E-state index in [4.69, 9.17) is 20.6 Å². The molecule has 0 aliphatic carbocycles. The van der Waals surface area contributed by atoms with Gasteiger partial charge in [-0.25, -0.2) is 4.39 Å². The highest BCUT2D eigenvalue weighted by molar-refractivity contribution is 5.96. The second-order valence-corrected chi connectivity index (χ2v) is 7.09. The van der Waals surface area contributed by atoms with Gasteiger partial charge in [-0.15, -0.1) is 12.4 Å². The molecule has 0 radical (unpaired) electrons. The third kappa shape index (κ3) is 6.31. The number of methoxy groups -OCH3 is 1. The summed E-state index contributed by atoms with van der Waals surface area (Å²) in [7, 11) is 1.45. The molecule has 0 saturated carbocycles. The lowest BCUT2D eigenvalue weighted by molar-refractivity contribution is -0.133. The average Bonchev–Trinajstić information content (AvgIpc) is 2.81. The quantitative estimate of drug-likeness (QED) is 0.314. The van der Waals surface area contributed by atoms with E-state index in [1.54, 1.807) is 19.1 Å². The van der Waals surface area contributed by atoms with Gasteiger partial charge in [-0.1, -0.05) is 42.5 Å². The smallest absolute Gasteiger partial charge is 0.254 e. The van der Waals surface area contributed by atoms with Gasteiger partial charge in [-0.05, 0) is 41.8 Å². The maximum Gasteiger partial charge on any atom is 0.254 e. The molecule has 1 atom stereocenters. The molecule has 0 aliphatic heterocycles. The lowest BCUT2D eigenvalue weighted by Gasteiger charge is -2.19. The molecule has 6 nitrogen and oxygen atoms in total. The Morgan fingerprint density at radius 3 is 2.45 bits per heavy atom. The number of carbonyl (C=O) groups excluding carboxylic acids is 1. The van der Waals surface area contributed by atoms with Gasteiger partial charge >= 0.3 is 0 Å². The van der Waals surface area contributed by atoms with Gasteiger partial charge in [0, 0.05) is 30.3 Å². The number of amidine groups is 1. The molecule has 3 rings (SSSR count). The molecule has 8 heteroatoms. The third-order valence-electron chi connectivity index (χ3n) is 5.02. The van der Waals surface area contributed by atoms with Crippen LogP contribution < -0.4 is 15.8 Å². The summed E-state index contributed by atoms with van der Waals surface area (Å²) in [5.41, 5.74) is 9.00. The van der Waals surface area contributed by atoms with Gasteiger partial charge in [-0.3, -0.25) is 10.2 Å². The summed E-state index contributed by atoms with van der Waals surface area (Å²) in [6.07, 6.45) is -1.09. The number of amides is 1. The topological polar surface area (TPSA) is 97.4 Å². The van der Waals surface area contributed by atoms with Crippen LogP contribution in [0, 0.1) is 11.2 Å². The van der Waals surface area contributed by atoms with Gasteiger partial charge in [0.25, 0.3) is 5.91 Å². The Labute approximate surface area is 198 Å². The monoisotopic (exact) mass is 471 g/mol. The van der Waals surface area contributed by atoms with Crippen molar-refractivity contribution in [2.45, 2.75) is 19.6 Å². The number of hydrogen-bond donors (Lipinski definition) is 3. The number of halogens is 2. The number of carbonyl (C=O) groups is 1. The largest absolute Gasteiger partial charge is 0.497 e. The van der Waals surface area contributed by atoms with E-state index in [2.05, 4.69) is 5.32 Å². The number of ether oxygens (including phenoxy) is 2. The zero-order chi connectivity index (χ0) is 23.1. The average molecular weight is 472 g/mol. The van der Waals surface area contributed by atoms with E-state index in [1.165, 1.54) is 19.2 Å². The van der Waals surface area contributed by atoms with Crippen molar-refractivity contribution in [2.75, 3.05) is 13.7 Å². The van der Waals surface area contributed by atoms with Gasteiger partial charge in [0.15, 0.2) is 6.10 Å². The van der Waals surface area contributed by atoms with Crippen molar-refractivity contribution in [1.82, 2.24) is 5.32 Å². The Hall–Kier alpha value is -3.42. The maximum absolute atomic E-state index is 14.6. The molecule has 0 heterocycles. The van der Waals surface area contributed by atoms with Crippen LogP contribution in [0.4, 0.5) is 4.39 Å². The fourth-order valence-corrected chi connectivity index (χ4v) is 3.38. The van der Waals surface area contributed by atoms with Crippen LogP contribution in [0.5, 0.6) is 5.75 Å². The lowest BCUT2D eigenvalue weighted by Crippen LogP contribution is -2.31. The summed E-state index contributed by atoms with van der Waals surface area (Å²) < 4.78 is 25.2. The third-order valence-corrected chi connectivity index (χ3v) is 5.02. The molecule has 4 N–H and O–H groups in total. The second-order valence-electron chi connectivity index (χ2n) is 7.09. The van der Waals surface area contributed by atoms with Gasteiger partial charge < -0.3 is 20.5 Å². The molecule has 0 aliphatic rings. The van der Waals surface area contributed by atoms with E-state index in [0.29, 0.717) is 11.3 Å². The highest BCUT2D eigenvalue weighted by atomic mass is 35.5. The minimum atomic E-state index is -1.09. The summed E-state index contributed by atoms with van der Waals surface area (Å²) in [5, 5.41) is 10.6. The Morgan fingerprint density at radius 1 is 1.12 bits per heavy atom. The molecule has 3 aromatic carbocycles. The van der Waals surface area contributed by atoms with E-state index < -0.39 is 17.8 Å². The Kier molecular flexibility index (Phi) is 9.39. The van der Waals surface area contributed by atoms with Crippen molar-refractivity contribution in [1.29, 1.82) is 5.41 Å². The van der Waals surface area contributed by atoms with Crippen molar-refractivity contribution >= 4 is 24.1 Å². The van der Waals surface area contributed by atoms with E-state index in [9.17, 15) is 9.18 Å². The van der Waals surface area contributed by atoms with Crippen LogP contribution in [0.15, 0.2) is 66.7 Å². The molecule has 0 spiro atoms. The van der Waals surface area contributed by atoms with E-state index >= 15 is 0 Å². The molecule has 0 saturated heterocycles. The Bertz CT molecular complexity index is 1110. The predicted octanol–water partition coefficient (Wildman–Crippen LogP) is 4.60. The van der Waals surface area contributed by atoms with Crippen LogP contribution >= 0.6 is 12.4 Å². The first-order chi connectivity index (χ1) is 15.4. The summed E-state index contributed by atoms with van der Waals surface area (Å²) in [4.78, 5) is 12.9. The maximum atomic E-state index is 14.6. The molecule has 174 valence electrons. The van der Waals surface area contributed by atoms with Crippen LogP contribution in [0.1, 0.15) is 29.7 Å². The summed E-state index contributed by atoms with van der Waals surface area (Å²) in [6.45, 7) is 2.18. The van der Waals surface area contributed by atoms with Crippen LogP contribution in [0.3, 0.4) is 0 Å². The molecule has 0 unspecified atom stereocenters. The molecular formula is C25H27ClFN3O3. The normalized spacial score (nSPS) is 11.2. The van der Waals surface area contributed by atoms with Crippen LogP contribution in [-0.2, 0) is 16.1 Å².